The van der Waals surface area contributed by atoms with Gasteiger partial charge < -0.3 is 14.8 Å². The molecule has 2 rings (SSSR count). The molecule has 0 aromatic heterocycles. The molecule has 1 N–H and O–H groups in total. The SMILES string of the molecule is CNc1cccc(OCC2CCCO2)c1[N+](=O)[O-]. The molecular formula is C12H16N2O4. The van der Waals surface area contributed by atoms with Gasteiger partial charge in [-0.15, -0.1) is 0 Å². The van der Waals surface area contributed by atoms with Crippen molar-refractivity contribution < 1.29 is 14.4 Å². The largest absolute Gasteiger partial charge is 0.484 e. The van der Waals surface area contributed by atoms with Gasteiger partial charge in [0.2, 0.25) is 0 Å². The van der Waals surface area contributed by atoms with Gasteiger partial charge in [-0.1, -0.05) is 6.07 Å². The Labute approximate surface area is 105 Å². The number of ether oxygens (including phenoxy) is 2. The predicted molar refractivity (Wildman–Crippen MR) is 67.1 cm³/mol. The third-order valence-electron chi connectivity index (χ3n) is 2.90. The molecular weight excluding hydrogens is 236 g/mol. The maximum absolute atomic E-state index is 11.1. The fourth-order valence-electron chi connectivity index (χ4n) is 1.99. The monoisotopic (exact) mass is 252 g/mol. The first-order valence-electron chi connectivity index (χ1n) is 5.92. The summed E-state index contributed by atoms with van der Waals surface area (Å²) >= 11 is 0. The number of hydrogen-bond acceptors (Lipinski definition) is 5. The summed E-state index contributed by atoms with van der Waals surface area (Å²) in [4.78, 5) is 10.6. The van der Waals surface area contributed by atoms with Gasteiger partial charge in [-0.05, 0) is 25.0 Å². The van der Waals surface area contributed by atoms with Crippen LogP contribution in [0, 0.1) is 10.1 Å². The van der Waals surface area contributed by atoms with Crippen molar-refractivity contribution in [1.29, 1.82) is 0 Å². The zero-order valence-corrected chi connectivity index (χ0v) is 10.2. The highest BCUT2D eigenvalue weighted by molar-refractivity contribution is 5.68. The van der Waals surface area contributed by atoms with Crippen LogP contribution in [0.25, 0.3) is 0 Å². The summed E-state index contributed by atoms with van der Waals surface area (Å²) in [6.07, 6.45) is 2.01. The van der Waals surface area contributed by atoms with E-state index in [1.165, 1.54) is 0 Å². The molecule has 1 unspecified atom stereocenters. The van der Waals surface area contributed by atoms with Crippen LogP contribution in [0.4, 0.5) is 11.4 Å². The summed E-state index contributed by atoms with van der Waals surface area (Å²) in [6, 6.07) is 4.98. The lowest BCUT2D eigenvalue weighted by molar-refractivity contribution is -0.385. The van der Waals surface area contributed by atoms with E-state index in [2.05, 4.69) is 5.32 Å². The van der Waals surface area contributed by atoms with Crippen molar-refractivity contribution in [2.75, 3.05) is 25.6 Å². The van der Waals surface area contributed by atoms with E-state index in [-0.39, 0.29) is 17.5 Å². The summed E-state index contributed by atoms with van der Waals surface area (Å²) in [5, 5.41) is 13.8. The van der Waals surface area contributed by atoms with E-state index in [1.807, 2.05) is 0 Å². The molecule has 98 valence electrons. The quantitative estimate of drug-likeness (QED) is 0.642. The molecule has 1 saturated heterocycles. The molecule has 0 radical (unpaired) electrons. The van der Waals surface area contributed by atoms with Gasteiger partial charge in [0.05, 0.1) is 11.0 Å². The summed E-state index contributed by atoms with van der Waals surface area (Å²) in [7, 11) is 1.65. The number of benzene rings is 1. The Bertz CT molecular complexity index is 430. The Kier molecular flexibility index (Phi) is 3.99. The third-order valence-corrected chi connectivity index (χ3v) is 2.90. The first-order valence-corrected chi connectivity index (χ1v) is 5.92. The number of hydrogen-bond donors (Lipinski definition) is 1. The lowest BCUT2D eigenvalue weighted by atomic mass is 10.2. The number of nitro groups is 1. The molecule has 0 spiro atoms. The second-order valence-electron chi connectivity index (χ2n) is 4.11. The van der Waals surface area contributed by atoms with E-state index in [0.717, 1.165) is 19.4 Å². The molecule has 6 heteroatoms. The van der Waals surface area contributed by atoms with Crippen molar-refractivity contribution in [1.82, 2.24) is 0 Å². The summed E-state index contributed by atoms with van der Waals surface area (Å²) in [5.74, 6) is 0.280. The molecule has 0 saturated carbocycles. The van der Waals surface area contributed by atoms with Crippen LogP contribution in [-0.2, 0) is 4.74 Å². The van der Waals surface area contributed by atoms with E-state index in [4.69, 9.17) is 9.47 Å². The van der Waals surface area contributed by atoms with Gasteiger partial charge in [-0.25, -0.2) is 0 Å². The number of para-hydroxylation sites is 1. The Morgan fingerprint density at radius 3 is 3.06 bits per heavy atom. The fraction of sp³-hybridized carbons (Fsp3) is 0.500. The van der Waals surface area contributed by atoms with Crippen molar-refractivity contribution in [3.8, 4) is 5.75 Å². The van der Waals surface area contributed by atoms with Crippen molar-refractivity contribution in [2.45, 2.75) is 18.9 Å². The average Bonchev–Trinajstić information content (AvgIpc) is 2.88. The minimum atomic E-state index is -0.434. The maximum atomic E-state index is 11.1. The van der Waals surface area contributed by atoms with E-state index in [1.54, 1.807) is 25.2 Å². The number of anilines is 1. The van der Waals surface area contributed by atoms with Crippen LogP contribution in [0.15, 0.2) is 18.2 Å². The molecule has 1 aromatic rings. The number of rotatable bonds is 5. The molecule has 18 heavy (non-hydrogen) atoms. The Balaban J connectivity index is 2.13. The average molecular weight is 252 g/mol. The number of nitrogens with one attached hydrogen (secondary N) is 1. The van der Waals surface area contributed by atoms with E-state index in [0.29, 0.717) is 12.3 Å². The Hall–Kier alpha value is -1.82. The molecule has 1 fully saturated rings. The molecule has 0 bridgehead atoms. The van der Waals surface area contributed by atoms with Crippen LogP contribution in [0.3, 0.4) is 0 Å². The predicted octanol–water partition coefficient (Wildman–Crippen LogP) is 2.19. The number of nitrogens with zero attached hydrogens (tertiary/aromatic N) is 1. The van der Waals surface area contributed by atoms with Gasteiger partial charge in [0.25, 0.3) is 0 Å². The normalized spacial score (nSPS) is 18.6. The van der Waals surface area contributed by atoms with Crippen LogP contribution < -0.4 is 10.1 Å². The highest BCUT2D eigenvalue weighted by Gasteiger charge is 2.22. The van der Waals surface area contributed by atoms with Crippen LogP contribution in [0.1, 0.15) is 12.8 Å². The zero-order chi connectivity index (χ0) is 13.0. The molecule has 1 heterocycles. The standard InChI is InChI=1S/C12H16N2O4/c1-13-10-5-2-6-11(12(10)14(15)16)18-8-9-4-3-7-17-9/h2,5-6,9,13H,3-4,7-8H2,1H3. The first kappa shape index (κ1) is 12.6. The molecule has 0 aliphatic carbocycles. The van der Waals surface area contributed by atoms with Gasteiger partial charge in [-0.2, -0.15) is 0 Å². The van der Waals surface area contributed by atoms with Crippen molar-refractivity contribution in [2.24, 2.45) is 0 Å². The Morgan fingerprint density at radius 2 is 2.44 bits per heavy atom. The van der Waals surface area contributed by atoms with Gasteiger partial charge in [0, 0.05) is 13.7 Å². The summed E-state index contributed by atoms with van der Waals surface area (Å²) in [6.45, 7) is 1.10. The first-order chi connectivity index (χ1) is 8.72. The minimum Gasteiger partial charge on any atom is -0.484 e. The number of nitro benzene ring substituents is 1. The molecule has 0 amide bonds. The molecule has 1 aromatic carbocycles. The van der Waals surface area contributed by atoms with Gasteiger partial charge >= 0.3 is 5.69 Å². The second kappa shape index (κ2) is 5.68. The highest BCUT2D eigenvalue weighted by Crippen LogP contribution is 2.34. The lowest BCUT2D eigenvalue weighted by Crippen LogP contribution is -2.16. The maximum Gasteiger partial charge on any atom is 0.333 e. The van der Waals surface area contributed by atoms with E-state index >= 15 is 0 Å². The van der Waals surface area contributed by atoms with Crippen molar-refractivity contribution in [3.05, 3.63) is 28.3 Å². The molecule has 6 nitrogen and oxygen atoms in total. The zero-order valence-electron chi connectivity index (χ0n) is 10.2. The highest BCUT2D eigenvalue weighted by atomic mass is 16.6. The van der Waals surface area contributed by atoms with Crippen LogP contribution in [0.5, 0.6) is 5.75 Å². The van der Waals surface area contributed by atoms with E-state index < -0.39 is 4.92 Å². The van der Waals surface area contributed by atoms with E-state index in [9.17, 15) is 10.1 Å². The van der Waals surface area contributed by atoms with Crippen molar-refractivity contribution >= 4 is 11.4 Å². The van der Waals surface area contributed by atoms with Crippen LogP contribution in [-0.4, -0.2) is 31.3 Å². The Morgan fingerprint density at radius 1 is 1.61 bits per heavy atom. The molecule has 1 aliphatic rings. The van der Waals surface area contributed by atoms with Gasteiger partial charge in [0.15, 0.2) is 5.75 Å². The van der Waals surface area contributed by atoms with Crippen LogP contribution >= 0.6 is 0 Å². The molecule has 1 atom stereocenters. The third kappa shape index (κ3) is 2.70. The fourth-order valence-corrected chi connectivity index (χ4v) is 1.99. The topological polar surface area (TPSA) is 73.6 Å². The molecule has 1 aliphatic heterocycles. The van der Waals surface area contributed by atoms with Crippen LogP contribution in [0.2, 0.25) is 0 Å². The van der Waals surface area contributed by atoms with Gasteiger partial charge in [0.1, 0.15) is 12.3 Å². The summed E-state index contributed by atoms with van der Waals surface area (Å²) < 4.78 is 10.9. The van der Waals surface area contributed by atoms with Crippen molar-refractivity contribution in [3.63, 3.8) is 0 Å². The second-order valence-corrected chi connectivity index (χ2v) is 4.11. The van der Waals surface area contributed by atoms with Gasteiger partial charge in [-0.3, -0.25) is 10.1 Å². The summed E-state index contributed by atoms with van der Waals surface area (Å²) in [5.41, 5.74) is 0.419. The lowest BCUT2D eigenvalue weighted by Gasteiger charge is -2.12. The smallest absolute Gasteiger partial charge is 0.333 e. The minimum absolute atomic E-state index is 0.0296.